The molecule has 0 radical (unpaired) electrons. The van der Waals surface area contributed by atoms with Crippen LogP contribution in [0.4, 0.5) is 0 Å². The van der Waals surface area contributed by atoms with Gasteiger partial charge >= 0.3 is 0 Å². The topological polar surface area (TPSA) is 65.4 Å². The monoisotopic (exact) mass is 472 g/mol. The number of hydrogen-bond acceptors (Lipinski definition) is 5. The number of nitrogens with zero attached hydrogens (tertiary/aromatic N) is 3. The van der Waals surface area contributed by atoms with Gasteiger partial charge < -0.3 is 4.98 Å². The quantitative estimate of drug-likeness (QED) is 0.267. The number of H-pyrrole nitrogens is 1. The smallest absolute Gasteiger partial charge is 0.149 e. The van der Waals surface area contributed by atoms with E-state index in [4.69, 9.17) is 12.2 Å². The molecule has 0 fully saturated rings. The second kappa shape index (κ2) is 8.31. The number of nitrogens with one attached hydrogen (secondary N) is 1. The maximum absolute atomic E-state index is 9.96. The maximum atomic E-state index is 9.96. The number of pyridine rings is 1. The lowest BCUT2D eigenvalue weighted by atomic mass is 9.95. The Hall–Kier alpha value is -4.18. The molecular formula is C28H16N4S2. The van der Waals surface area contributed by atoms with E-state index in [0.717, 1.165) is 53.9 Å². The molecule has 0 spiro atoms. The van der Waals surface area contributed by atoms with Crippen LogP contribution in [0.5, 0.6) is 0 Å². The maximum Gasteiger partial charge on any atom is 0.149 e. The number of aromatic amines is 1. The summed E-state index contributed by atoms with van der Waals surface area (Å²) in [6, 6.07) is 32.5. The molecule has 3 aromatic heterocycles. The first-order valence-electron chi connectivity index (χ1n) is 10.7. The molecule has 0 saturated carbocycles. The molecule has 0 bridgehead atoms. The number of fused-ring (bicyclic) bond motifs is 3. The Balaban J connectivity index is 1.82. The van der Waals surface area contributed by atoms with Crippen LogP contribution >= 0.6 is 23.6 Å². The number of rotatable bonds is 3. The molecule has 3 heterocycles. The highest BCUT2D eigenvalue weighted by atomic mass is 32.1. The van der Waals surface area contributed by atoms with E-state index in [9.17, 15) is 5.26 Å². The average molecular weight is 473 g/mol. The van der Waals surface area contributed by atoms with Gasteiger partial charge in [0.05, 0.1) is 15.8 Å². The van der Waals surface area contributed by atoms with Gasteiger partial charge in [-0.3, -0.25) is 0 Å². The molecule has 6 aromatic rings. The van der Waals surface area contributed by atoms with E-state index in [0.29, 0.717) is 10.2 Å². The summed E-state index contributed by atoms with van der Waals surface area (Å²) in [7, 11) is 0. The van der Waals surface area contributed by atoms with Crippen LogP contribution in [-0.4, -0.2) is 15.2 Å². The second-order valence-electron chi connectivity index (χ2n) is 7.82. The van der Waals surface area contributed by atoms with Crippen LogP contribution in [0.1, 0.15) is 5.56 Å². The lowest BCUT2D eigenvalue weighted by molar-refractivity contribution is 1.09. The van der Waals surface area contributed by atoms with Crippen molar-refractivity contribution in [2.45, 2.75) is 0 Å². The van der Waals surface area contributed by atoms with Gasteiger partial charge in [0, 0.05) is 22.1 Å². The van der Waals surface area contributed by atoms with E-state index < -0.39 is 0 Å². The second-order valence-corrected chi connectivity index (χ2v) is 9.23. The molecule has 0 aliphatic heterocycles. The van der Waals surface area contributed by atoms with Gasteiger partial charge in [0.2, 0.25) is 0 Å². The molecule has 6 rings (SSSR count). The first-order valence-corrected chi connectivity index (χ1v) is 11.9. The van der Waals surface area contributed by atoms with E-state index in [-0.39, 0.29) is 0 Å². The Morgan fingerprint density at radius 1 is 0.735 bits per heavy atom. The Morgan fingerprint density at radius 2 is 1.29 bits per heavy atom. The molecular weight excluding hydrogens is 456 g/mol. The highest BCUT2D eigenvalue weighted by molar-refractivity contribution is 7.71. The Labute approximate surface area is 204 Å². The summed E-state index contributed by atoms with van der Waals surface area (Å²) in [5.74, 6) is 0. The molecule has 4 nitrogen and oxygen atoms in total. The summed E-state index contributed by atoms with van der Waals surface area (Å²) in [5, 5.41) is 20.2. The van der Waals surface area contributed by atoms with Gasteiger partial charge in [-0.05, 0) is 11.1 Å². The first-order chi connectivity index (χ1) is 16.8. The van der Waals surface area contributed by atoms with Crippen molar-refractivity contribution in [3.05, 3.63) is 101 Å². The molecule has 0 unspecified atom stereocenters. The van der Waals surface area contributed by atoms with E-state index in [2.05, 4.69) is 33.4 Å². The molecule has 6 heteroatoms. The van der Waals surface area contributed by atoms with E-state index >= 15 is 0 Å². The first kappa shape index (κ1) is 20.4. The minimum atomic E-state index is 0.422. The fourth-order valence-corrected chi connectivity index (χ4v) is 5.76. The molecule has 0 amide bonds. The molecule has 3 aromatic carbocycles. The lowest BCUT2D eigenvalue weighted by Crippen LogP contribution is -1.94. The predicted octanol–water partition coefficient (Wildman–Crippen LogP) is 7.77. The molecule has 34 heavy (non-hydrogen) atoms. The summed E-state index contributed by atoms with van der Waals surface area (Å²) in [6.07, 6.45) is 0. The molecule has 160 valence electrons. The summed E-state index contributed by atoms with van der Waals surface area (Å²) >= 11 is 7.20. The van der Waals surface area contributed by atoms with Gasteiger partial charge in [-0.1, -0.05) is 103 Å². The molecule has 0 saturated heterocycles. The zero-order valence-electron chi connectivity index (χ0n) is 17.8. The van der Waals surface area contributed by atoms with Crippen molar-refractivity contribution >= 4 is 44.0 Å². The largest absolute Gasteiger partial charge is 0.344 e. The van der Waals surface area contributed by atoms with Crippen molar-refractivity contribution in [1.82, 2.24) is 15.2 Å². The highest BCUT2D eigenvalue weighted by Gasteiger charge is 2.23. The zero-order chi connectivity index (χ0) is 23.1. The molecule has 0 atom stereocenters. The van der Waals surface area contributed by atoms with Crippen molar-refractivity contribution in [2.75, 3.05) is 0 Å². The third-order valence-electron chi connectivity index (χ3n) is 5.84. The molecule has 0 aliphatic rings. The Bertz CT molecular complexity index is 1770. The van der Waals surface area contributed by atoms with Crippen LogP contribution in [-0.2, 0) is 0 Å². The standard InChI is InChI=1S/C28H16N4S2/c29-16-20-21(17-10-4-1-5-11-17)26-25(30-27(20)33)23-22(18-12-6-2-7-13-18)24(31-32-28(23)34-26)19-14-8-3-9-15-19/h1-15H,(H,30,33). The van der Waals surface area contributed by atoms with Gasteiger partial charge in [-0.15, -0.1) is 21.5 Å². The lowest BCUT2D eigenvalue weighted by Gasteiger charge is -2.11. The van der Waals surface area contributed by atoms with E-state index in [1.54, 1.807) is 0 Å². The van der Waals surface area contributed by atoms with Crippen molar-refractivity contribution in [1.29, 1.82) is 5.26 Å². The summed E-state index contributed by atoms with van der Waals surface area (Å²) in [4.78, 5) is 4.16. The van der Waals surface area contributed by atoms with E-state index in [1.165, 1.54) is 11.3 Å². The highest BCUT2D eigenvalue weighted by Crippen LogP contribution is 2.45. The Morgan fingerprint density at radius 3 is 1.88 bits per heavy atom. The molecule has 0 aliphatic carbocycles. The third kappa shape index (κ3) is 3.22. The van der Waals surface area contributed by atoms with Crippen LogP contribution < -0.4 is 0 Å². The van der Waals surface area contributed by atoms with Gasteiger partial charge in [-0.2, -0.15) is 5.26 Å². The minimum absolute atomic E-state index is 0.422. The van der Waals surface area contributed by atoms with Crippen molar-refractivity contribution in [2.24, 2.45) is 0 Å². The van der Waals surface area contributed by atoms with Gasteiger partial charge in [0.15, 0.2) is 0 Å². The van der Waals surface area contributed by atoms with Crippen molar-refractivity contribution < 1.29 is 0 Å². The summed E-state index contributed by atoms with van der Waals surface area (Å²) in [5.41, 5.74) is 6.99. The minimum Gasteiger partial charge on any atom is -0.344 e. The number of thiophene rings is 1. The van der Waals surface area contributed by atoms with Crippen molar-refractivity contribution in [3.8, 4) is 39.6 Å². The SMILES string of the molecule is N#Cc1c(-c2ccccc2)c2sc3nnc(-c4ccccc4)c(-c4ccccc4)c3c2[nH]c1=S. The fourth-order valence-electron chi connectivity index (χ4n) is 4.35. The van der Waals surface area contributed by atoms with Gasteiger partial charge in [0.1, 0.15) is 21.2 Å². The Kier molecular flexibility index (Phi) is 4.99. The molecule has 1 N–H and O–H groups in total. The number of benzene rings is 3. The number of nitriles is 1. The zero-order valence-corrected chi connectivity index (χ0v) is 19.5. The van der Waals surface area contributed by atoms with Crippen LogP contribution in [0, 0.1) is 16.0 Å². The van der Waals surface area contributed by atoms with Crippen LogP contribution in [0.3, 0.4) is 0 Å². The van der Waals surface area contributed by atoms with Crippen molar-refractivity contribution in [3.63, 3.8) is 0 Å². The summed E-state index contributed by atoms with van der Waals surface area (Å²) < 4.78 is 1.37. The van der Waals surface area contributed by atoms with E-state index in [1.807, 2.05) is 78.9 Å². The average Bonchev–Trinajstić information content (AvgIpc) is 3.26. The van der Waals surface area contributed by atoms with Gasteiger partial charge in [-0.25, -0.2) is 0 Å². The predicted molar refractivity (Wildman–Crippen MR) is 141 cm³/mol. The fraction of sp³-hybridized carbons (Fsp3) is 0. The number of hydrogen-bond donors (Lipinski definition) is 1. The normalized spacial score (nSPS) is 11.0. The number of aromatic nitrogens is 3. The van der Waals surface area contributed by atoms with Gasteiger partial charge in [0.25, 0.3) is 0 Å². The summed E-state index contributed by atoms with van der Waals surface area (Å²) in [6.45, 7) is 0. The third-order valence-corrected chi connectivity index (χ3v) is 7.24. The van der Waals surface area contributed by atoms with Crippen LogP contribution in [0.25, 0.3) is 53.9 Å². The van der Waals surface area contributed by atoms with Crippen LogP contribution in [0.2, 0.25) is 0 Å². The van der Waals surface area contributed by atoms with Crippen LogP contribution in [0.15, 0.2) is 91.0 Å².